The normalized spacial score (nSPS) is 14.6. The molecule has 3 aromatic carbocycles. The molecule has 0 amide bonds. The Bertz CT molecular complexity index is 1080. The van der Waals surface area contributed by atoms with Crippen LogP contribution in [0, 0.1) is 7.14 Å². The molecule has 0 atom stereocenters. The first-order chi connectivity index (χ1) is 14.1. The molecule has 3 nitrogen and oxygen atoms in total. The molecule has 3 aromatic rings. The topological polar surface area (TPSA) is 35.5 Å². The Kier molecular flexibility index (Phi) is 6.34. The lowest BCUT2D eigenvalue weighted by atomic mass is 10.1. The van der Waals surface area contributed by atoms with E-state index in [4.69, 9.17) is 9.47 Å². The summed E-state index contributed by atoms with van der Waals surface area (Å²) in [5.41, 5.74) is 3.48. The molecule has 144 valence electrons. The van der Waals surface area contributed by atoms with Crippen LogP contribution in [0.3, 0.4) is 0 Å². The molecule has 0 saturated heterocycles. The predicted molar refractivity (Wildman–Crippen MR) is 131 cm³/mol. The molecule has 0 unspecified atom stereocenters. The van der Waals surface area contributed by atoms with Gasteiger partial charge in [-0.05, 0) is 80.6 Å². The summed E-state index contributed by atoms with van der Waals surface area (Å²) in [6.07, 6.45) is 3.64. The van der Waals surface area contributed by atoms with Gasteiger partial charge in [-0.2, -0.15) is 0 Å². The summed E-state index contributed by atoms with van der Waals surface area (Å²) in [6, 6.07) is 23.7. The summed E-state index contributed by atoms with van der Waals surface area (Å²) in [5, 5.41) is 0. The highest BCUT2D eigenvalue weighted by atomic mass is 127. The lowest BCUT2D eigenvalue weighted by Crippen LogP contribution is -2.00. The van der Waals surface area contributed by atoms with Crippen LogP contribution in [-0.2, 0) is 16.1 Å². The SMILES string of the molecule is O=C1OC(c2ccccc2)=C/C1=C\c1cc(I)c(OCc2ccccc2)c(I)c1. The van der Waals surface area contributed by atoms with Crippen molar-refractivity contribution in [3.8, 4) is 5.75 Å². The minimum absolute atomic E-state index is 0.335. The van der Waals surface area contributed by atoms with Gasteiger partial charge in [0.2, 0.25) is 0 Å². The maximum absolute atomic E-state index is 12.3. The van der Waals surface area contributed by atoms with Crippen LogP contribution in [0.5, 0.6) is 5.75 Å². The summed E-state index contributed by atoms with van der Waals surface area (Å²) >= 11 is 4.54. The largest absolute Gasteiger partial charge is 0.487 e. The van der Waals surface area contributed by atoms with Gasteiger partial charge < -0.3 is 9.47 Å². The lowest BCUT2D eigenvalue weighted by Gasteiger charge is -2.11. The highest BCUT2D eigenvalue weighted by Crippen LogP contribution is 2.32. The standard InChI is InChI=1S/C24H16I2O3/c25-20-12-17(13-21(26)23(20)28-15-16-7-3-1-4-8-16)11-19-14-22(29-24(19)27)18-9-5-2-6-10-18/h1-14H,15H2/b19-11+. The van der Waals surface area contributed by atoms with Gasteiger partial charge in [-0.3, -0.25) is 0 Å². The van der Waals surface area contributed by atoms with Gasteiger partial charge in [0.15, 0.2) is 0 Å². The molecule has 1 aliphatic rings. The molecule has 0 bridgehead atoms. The van der Waals surface area contributed by atoms with E-state index in [1.54, 1.807) is 6.08 Å². The van der Waals surface area contributed by atoms with Gasteiger partial charge in [-0.1, -0.05) is 60.7 Å². The third-order valence-corrected chi connectivity index (χ3v) is 5.95. The molecule has 0 aliphatic carbocycles. The third kappa shape index (κ3) is 4.90. The number of esters is 1. The minimum atomic E-state index is -0.335. The lowest BCUT2D eigenvalue weighted by molar-refractivity contribution is -0.130. The molecule has 4 rings (SSSR count). The highest BCUT2D eigenvalue weighted by molar-refractivity contribution is 14.1. The fraction of sp³-hybridized carbons (Fsp3) is 0.0417. The van der Waals surface area contributed by atoms with Crippen molar-refractivity contribution >= 4 is 63.0 Å². The first-order valence-electron chi connectivity index (χ1n) is 8.97. The maximum Gasteiger partial charge on any atom is 0.343 e. The fourth-order valence-electron chi connectivity index (χ4n) is 2.94. The van der Waals surface area contributed by atoms with Crippen molar-refractivity contribution in [1.82, 2.24) is 0 Å². The molecular weight excluding hydrogens is 590 g/mol. The molecule has 1 heterocycles. The number of ether oxygens (including phenoxy) is 2. The third-order valence-electron chi connectivity index (χ3n) is 4.35. The van der Waals surface area contributed by atoms with Crippen LogP contribution >= 0.6 is 45.2 Å². The minimum Gasteiger partial charge on any atom is -0.487 e. The van der Waals surface area contributed by atoms with E-state index in [0.29, 0.717) is 17.9 Å². The summed E-state index contributed by atoms with van der Waals surface area (Å²) in [5.74, 6) is 1.10. The number of hydrogen-bond acceptors (Lipinski definition) is 3. The second-order valence-electron chi connectivity index (χ2n) is 6.45. The molecular formula is C24H16I2O3. The number of benzene rings is 3. The fourth-order valence-corrected chi connectivity index (χ4v) is 5.07. The smallest absolute Gasteiger partial charge is 0.343 e. The summed E-state index contributed by atoms with van der Waals surface area (Å²) < 4.78 is 13.5. The molecule has 0 saturated carbocycles. The van der Waals surface area contributed by atoms with Crippen LogP contribution in [0.15, 0.2) is 84.4 Å². The molecule has 0 radical (unpaired) electrons. The van der Waals surface area contributed by atoms with Gasteiger partial charge in [-0.25, -0.2) is 4.79 Å². The molecule has 0 N–H and O–H groups in total. The van der Waals surface area contributed by atoms with Crippen molar-refractivity contribution in [1.29, 1.82) is 0 Å². The number of hydrogen-bond donors (Lipinski definition) is 0. The van der Waals surface area contributed by atoms with Crippen LogP contribution in [-0.4, -0.2) is 5.97 Å². The second kappa shape index (κ2) is 9.13. The summed E-state index contributed by atoms with van der Waals surface area (Å²) in [6.45, 7) is 0.517. The Balaban J connectivity index is 1.56. The number of carbonyl (C=O) groups is 1. The van der Waals surface area contributed by atoms with Crippen LogP contribution in [0.25, 0.3) is 11.8 Å². The first kappa shape index (κ1) is 20.2. The molecule has 0 fully saturated rings. The van der Waals surface area contributed by atoms with Crippen molar-refractivity contribution in [2.45, 2.75) is 6.61 Å². The van der Waals surface area contributed by atoms with E-state index in [9.17, 15) is 4.79 Å². The number of rotatable bonds is 5. The van der Waals surface area contributed by atoms with Crippen molar-refractivity contribution in [2.75, 3.05) is 0 Å². The Labute approximate surface area is 196 Å². The zero-order valence-corrected chi connectivity index (χ0v) is 19.6. The molecule has 29 heavy (non-hydrogen) atoms. The van der Waals surface area contributed by atoms with Gasteiger partial charge in [0, 0.05) is 5.56 Å². The van der Waals surface area contributed by atoms with E-state index in [0.717, 1.165) is 29.6 Å². The van der Waals surface area contributed by atoms with E-state index >= 15 is 0 Å². The highest BCUT2D eigenvalue weighted by Gasteiger charge is 2.22. The van der Waals surface area contributed by atoms with E-state index < -0.39 is 0 Å². The van der Waals surface area contributed by atoms with Gasteiger partial charge in [0.25, 0.3) is 0 Å². The average molecular weight is 606 g/mol. The molecule has 5 heteroatoms. The average Bonchev–Trinajstić information content (AvgIpc) is 3.09. The van der Waals surface area contributed by atoms with Gasteiger partial charge in [-0.15, -0.1) is 0 Å². The predicted octanol–water partition coefficient (Wildman–Crippen LogP) is 6.46. The Morgan fingerprint density at radius 2 is 1.52 bits per heavy atom. The van der Waals surface area contributed by atoms with Gasteiger partial charge >= 0.3 is 5.97 Å². The summed E-state index contributed by atoms with van der Waals surface area (Å²) in [7, 11) is 0. The van der Waals surface area contributed by atoms with Crippen LogP contribution in [0.1, 0.15) is 16.7 Å². The van der Waals surface area contributed by atoms with Crippen molar-refractivity contribution < 1.29 is 14.3 Å². The Morgan fingerprint density at radius 1 is 0.897 bits per heavy atom. The van der Waals surface area contributed by atoms with E-state index in [2.05, 4.69) is 45.2 Å². The molecule has 0 aromatic heterocycles. The van der Waals surface area contributed by atoms with E-state index in [-0.39, 0.29) is 5.97 Å². The number of halogens is 2. The monoisotopic (exact) mass is 606 g/mol. The van der Waals surface area contributed by atoms with Gasteiger partial charge in [0.05, 0.1) is 12.7 Å². The van der Waals surface area contributed by atoms with E-state index in [1.165, 1.54) is 0 Å². The molecule has 0 spiro atoms. The maximum atomic E-state index is 12.3. The Hall–Kier alpha value is -2.13. The van der Waals surface area contributed by atoms with Crippen LogP contribution < -0.4 is 4.74 Å². The van der Waals surface area contributed by atoms with Crippen molar-refractivity contribution in [2.24, 2.45) is 0 Å². The zero-order chi connectivity index (χ0) is 20.2. The number of cyclic esters (lactones) is 1. The van der Waals surface area contributed by atoms with E-state index in [1.807, 2.05) is 78.9 Å². The quantitative estimate of drug-likeness (QED) is 0.190. The van der Waals surface area contributed by atoms with Crippen LogP contribution in [0.2, 0.25) is 0 Å². The number of carbonyl (C=O) groups excluding carboxylic acids is 1. The second-order valence-corrected chi connectivity index (χ2v) is 8.78. The Morgan fingerprint density at radius 3 is 2.17 bits per heavy atom. The van der Waals surface area contributed by atoms with Crippen molar-refractivity contribution in [3.05, 3.63) is 108 Å². The molecule has 1 aliphatic heterocycles. The van der Waals surface area contributed by atoms with Crippen molar-refractivity contribution in [3.63, 3.8) is 0 Å². The van der Waals surface area contributed by atoms with Crippen LogP contribution in [0.4, 0.5) is 0 Å². The summed E-state index contributed by atoms with van der Waals surface area (Å²) in [4.78, 5) is 12.3. The first-order valence-corrected chi connectivity index (χ1v) is 11.1. The zero-order valence-electron chi connectivity index (χ0n) is 15.3. The van der Waals surface area contributed by atoms with Gasteiger partial charge in [0.1, 0.15) is 18.1 Å².